The molecular weight excluding hydrogens is 362 g/mol. The van der Waals surface area contributed by atoms with Gasteiger partial charge in [-0.1, -0.05) is 15.9 Å². The second kappa shape index (κ2) is 6.04. The fraction of sp³-hybridized carbons (Fsp3) is 0.462. The summed E-state index contributed by atoms with van der Waals surface area (Å²) in [5.41, 5.74) is 0.370. The molecule has 1 aromatic rings. The molecule has 0 spiro atoms. The predicted molar refractivity (Wildman–Crippen MR) is 79.8 cm³/mol. The highest BCUT2D eigenvalue weighted by Gasteiger charge is 2.36. The SMILES string of the molecule is Cc1c(Br)cc(C(=O)O)cc1S(=O)(=O)N1CCC[C@H]1CO. The molecule has 0 unspecified atom stereocenters. The normalized spacial score (nSPS) is 19.9. The summed E-state index contributed by atoms with van der Waals surface area (Å²) in [5, 5.41) is 18.4. The molecule has 1 atom stereocenters. The molecule has 0 bridgehead atoms. The summed E-state index contributed by atoms with van der Waals surface area (Å²) in [5.74, 6) is -1.19. The summed E-state index contributed by atoms with van der Waals surface area (Å²) >= 11 is 3.20. The van der Waals surface area contributed by atoms with Gasteiger partial charge in [-0.25, -0.2) is 13.2 Å². The molecule has 21 heavy (non-hydrogen) atoms. The van der Waals surface area contributed by atoms with E-state index in [1.165, 1.54) is 16.4 Å². The monoisotopic (exact) mass is 377 g/mol. The standard InChI is InChI=1S/C13H16BrNO5S/c1-8-11(14)5-9(13(17)18)6-12(8)21(19,20)15-4-2-3-10(15)7-16/h5-6,10,16H,2-4,7H2,1H3,(H,17,18)/t10-/m0/s1. The van der Waals surface area contributed by atoms with Crippen LogP contribution in [-0.4, -0.2) is 48.1 Å². The van der Waals surface area contributed by atoms with Crippen molar-refractivity contribution < 1.29 is 23.4 Å². The molecular formula is C13H16BrNO5S. The minimum Gasteiger partial charge on any atom is -0.478 e. The van der Waals surface area contributed by atoms with Gasteiger partial charge < -0.3 is 10.2 Å². The maximum absolute atomic E-state index is 12.8. The van der Waals surface area contributed by atoms with Gasteiger partial charge in [-0.3, -0.25) is 0 Å². The average Bonchev–Trinajstić information content (AvgIpc) is 2.90. The zero-order valence-corrected chi connectivity index (χ0v) is 13.8. The van der Waals surface area contributed by atoms with E-state index >= 15 is 0 Å². The molecule has 0 radical (unpaired) electrons. The Morgan fingerprint density at radius 2 is 2.14 bits per heavy atom. The van der Waals surface area contributed by atoms with Crippen LogP contribution in [-0.2, 0) is 10.0 Å². The van der Waals surface area contributed by atoms with Crippen LogP contribution in [0.5, 0.6) is 0 Å². The van der Waals surface area contributed by atoms with Crippen LogP contribution in [0.1, 0.15) is 28.8 Å². The maximum Gasteiger partial charge on any atom is 0.335 e. The van der Waals surface area contributed by atoms with Crippen molar-refractivity contribution in [3.63, 3.8) is 0 Å². The lowest BCUT2D eigenvalue weighted by Crippen LogP contribution is -2.38. The van der Waals surface area contributed by atoms with E-state index in [0.717, 1.165) is 0 Å². The Bertz CT molecular complexity index is 673. The first-order valence-corrected chi connectivity index (χ1v) is 8.68. The van der Waals surface area contributed by atoms with E-state index in [1.807, 2.05) is 0 Å². The molecule has 0 aliphatic carbocycles. The minimum atomic E-state index is -3.83. The van der Waals surface area contributed by atoms with Crippen molar-refractivity contribution in [3.8, 4) is 0 Å². The van der Waals surface area contributed by atoms with Gasteiger partial charge in [0.15, 0.2) is 0 Å². The number of sulfonamides is 1. The Labute approximate surface area is 131 Å². The van der Waals surface area contributed by atoms with Crippen LogP contribution < -0.4 is 0 Å². The van der Waals surface area contributed by atoms with E-state index in [1.54, 1.807) is 6.92 Å². The highest BCUT2D eigenvalue weighted by Crippen LogP contribution is 2.31. The quantitative estimate of drug-likeness (QED) is 0.830. The number of hydrogen-bond acceptors (Lipinski definition) is 4. The molecule has 0 saturated carbocycles. The first-order valence-electron chi connectivity index (χ1n) is 6.45. The van der Waals surface area contributed by atoms with Crippen molar-refractivity contribution in [1.82, 2.24) is 4.31 Å². The molecule has 1 heterocycles. The van der Waals surface area contributed by atoms with Crippen LogP contribution in [0.25, 0.3) is 0 Å². The Hall–Kier alpha value is -0.960. The maximum atomic E-state index is 12.8. The van der Waals surface area contributed by atoms with E-state index in [4.69, 9.17) is 5.11 Å². The van der Waals surface area contributed by atoms with Gasteiger partial charge in [0.1, 0.15) is 0 Å². The second-order valence-electron chi connectivity index (χ2n) is 4.98. The fourth-order valence-electron chi connectivity index (χ4n) is 2.48. The van der Waals surface area contributed by atoms with Gasteiger partial charge in [-0.2, -0.15) is 4.31 Å². The smallest absolute Gasteiger partial charge is 0.335 e. The molecule has 2 rings (SSSR count). The zero-order valence-electron chi connectivity index (χ0n) is 11.4. The molecule has 116 valence electrons. The number of aliphatic hydroxyl groups is 1. The Kier molecular flexibility index (Phi) is 4.72. The fourth-order valence-corrected chi connectivity index (χ4v) is 5.03. The van der Waals surface area contributed by atoms with Crippen LogP contribution in [0.2, 0.25) is 0 Å². The first kappa shape index (κ1) is 16.4. The lowest BCUT2D eigenvalue weighted by atomic mass is 10.1. The van der Waals surface area contributed by atoms with Crippen molar-refractivity contribution in [3.05, 3.63) is 27.7 Å². The van der Waals surface area contributed by atoms with Gasteiger partial charge in [0.25, 0.3) is 0 Å². The third-order valence-electron chi connectivity index (χ3n) is 3.66. The summed E-state index contributed by atoms with van der Waals surface area (Å²) in [7, 11) is -3.83. The third-order valence-corrected chi connectivity index (χ3v) is 6.57. The summed E-state index contributed by atoms with van der Waals surface area (Å²) in [6.45, 7) is 1.71. The van der Waals surface area contributed by atoms with E-state index in [0.29, 0.717) is 29.4 Å². The van der Waals surface area contributed by atoms with Crippen LogP contribution in [0.3, 0.4) is 0 Å². The molecule has 2 N–H and O–H groups in total. The van der Waals surface area contributed by atoms with Crippen molar-refractivity contribution in [1.29, 1.82) is 0 Å². The van der Waals surface area contributed by atoms with E-state index < -0.39 is 22.0 Å². The van der Waals surface area contributed by atoms with Gasteiger partial charge in [0.05, 0.1) is 17.1 Å². The second-order valence-corrected chi connectivity index (χ2v) is 7.69. The lowest BCUT2D eigenvalue weighted by molar-refractivity contribution is 0.0696. The number of aliphatic hydroxyl groups excluding tert-OH is 1. The number of aromatic carboxylic acids is 1. The number of carboxylic acid groups (broad SMARTS) is 1. The van der Waals surface area contributed by atoms with Crippen molar-refractivity contribution in [2.45, 2.75) is 30.7 Å². The number of carbonyl (C=O) groups is 1. The van der Waals surface area contributed by atoms with Crippen molar-refractivity contribution in [2.75, 3.05) is 13.2 Å². The number of halogens is 1. The molecule has 6 nitrogen and oxygen atoms in total. The molecule has 1 fully saturated rings. The highest BCUT2D eigenvalue weighted by molar-refractivity contribution is 9.10. The number of hydrogen-bond donors (Lipinski definition) is 2. The van der Waals surface area contributed by atoms with Gasteiger partial charge in [0.2, 0.25) is 10.0 Å². The lowest BCUT2D eigenvalue weighted by Gasteiger charge is -2.23. The Morgan fingerprint density at radius 3 is 2.71 bits per heavy atom. The first-order chi connectivity index (χ1) is 9.78. The van der Waals surface area contributed by atoms with Gasteiger partial charge >= 0.3 is 5.97 Å². The van der Waals surface area contributed by atoms with E-state index in [-0.39, 0.29) is 17.1 Å². The van der Waals surface area contributed by atoms with Crippen molar-refractivity contribution in [2.24, 2.45) is 0 Å². The Morgan fingerprint density at radius 1 is 1.48 bits per heavy atom. The summed E-state index contributed by atoms with van der Waals surface area (Å²) < 4.78 is 27.2. The average molecular weight is 378 g/mol. The van der Waals surface area contributed by atoms with E-state index in [9.17, 15) is 18.3 Å². The largest absolute Gasteiger partial charge is 0.478 e. The highest BCUT2D eigenvalue weighted by atomic mass is 79.9. The van der Waals surface area contributed by atoms with Gasteiger partial charge in [-0.05, 0) is 37.5 Å². The molecule has 0 aromatic heterocycles. The number of benzene rings is 1. The number of nitrogens with zero attached hydrogens (tertiary/aromatic N) is 1. The minimum absolute atomic E-state index is 0.0328. The van der Waals surface area contributed by atoms with E-state index in [2.05, 4.69) is 15.9 Å². The molecule has 1 aliphatic rings. The summed E-state index contributed by atoms with van der Waals surface area (Å²) in [6, 6.07) is 2.11. The Balaban J connectivity index is 2.56. The summed E-state index contributed by atoms with van der Waals surface area (Å²) in [4.78, 5) is 11.1. The zero-order chi connectivity index (χ0) is 15.8. The molecule has 1 saturated heterocycles. The van der Waals surface area contributed by atoms with Gasteiger partial charge in [0, 0.05) is 17.1 Å². The molecule has 1 aromatic carbocycles. The molecule has 0 amide bonds. The van der Waals surface area contributed by atoms with Crippen LogP contribution in [0.4, 0.5) is 0 Å². The van der Waals surface area contributed by atoms with Crippen LogP contribution in [0, 0.1) is 6.92 Å². The molecule has 1 aliphatic heterocycles. The van der Waals surface area contributed by atoms with Crippen LogP contribution in [0.15, 0.2) is 21.5 Å². The topological polar surface area (TPSA) is 94.9 Å². The number of rotatable bonds is 4. The predicted octanol–water partition coefficient (Wildman–Crippen LogP) is 1.60. The summed E-state index contributed by atoms with van der Waals surface area (Å²) in [6.07, 6.45) is 1.29. The van der Waals surface area contributed by atoms with Crippen molar-refractivity contribution >= 4 is 31.9 Å². The third kappa shape index (κ3) is 2.98. The van der Waals surface area contributed by atoms with Gasteiger partial charge in [-0.15, -0.1) is 0 Å². The van der Waals surface area contributed by atoms with Crippen LogP contribution >= 0.6 is 15.9 Å². The number of carboxylic acids is 1. The molecule has 8 heteroatoms.